The summed E-state index contributed by atoms with van der Waals surface area (Å²) < 4.78 is 30.2. The van der Waals surface area contributed by atoms with Gasteiger partial charge >= 0.3 is 6.09 Å². The van der Waals surface area contributed by atoms with Gasteiger partial charge in [-0.05, 0) is 57.9 Å². The van der Waals surface area contributed by atoms with E-state index in [1.165, 1.54) is 44.9 Å². The van der Waals surface area contributed by atoms with Crippen molar-refractivity contribution in [3.8, 4) is 0 Å². The summed E-state index contributed by atoms with van der Waals surface area (Å²) in [5, 5.41) is 0. The Hall–Kier alpha value is -1.93. The number of carbonyl (C=O) groups is 1. The van der Waals surface area contributed by atoms with E-state index in [1.807, 2.05) is 49.1 Å². The minimum absolute atomic E-state index is 0.166. The van der Waals surface area contributed by atoms with Gasteiger partial charge in [-0.2, -0.15) is 0 Å². The van der Waals surface area contributed by atoms with Crippen LogP contribution in [0.15, 0.2) is 42.5 Å². The smallest absolute Gasteiger partial charge is 0.410 e. The largest absolute Gasteiger partial charge is 0.447 e. The second-order valence-corrected chi connectivity index (χ2v) is 12.4. The summed E-state index contributed by atoms with van der Waals surface area (Å²) in [7, 11) is 0. The van der Waals surface area contributed by atoms with Crippen LogP contribution in [0.1, 0.15) is 110 Å². The van der Waals surface area contributed by atoms with Gasteiger partial charge in [0.15, 0.2) is 11.6 Å². The first-order valence-corrected chi connectivity index (χ1v) is 16.1. The normalized spacial score (nSPS) is 25.4. The molecule has 0 aliphatic carbocycles. The highest BCUT2D eigenvalue weighted by molar-refractivity contribution is 5.71. The van der Waals surface area contributed by atoms with Gasteiger partial charge < -0.3 is 23.7 Å². The molecule has 0 N–H and O–H groups in total. The zero-order chi connectivity index (χ0) is 29.0. The van der Waals surface area contributed by atoms with Crippen molar-refractivity contribution in [3.05, 3.63) is 48.0 Å². The summed E-state index contributed by atoms with van der Waals surface area (Å²) in [6.45, 7) is 8.80. The van der Waals surface area contributed by atoms with Crippen LogP contribution in [-0.2, 0) is 30.2 Å². The van der Waals surface area contributed by atoms with Crippen molar-refractivity contribution in [2.45, 2.75) is 134 Å². The van der Waals surface area contributed by atoms with Gasteiger partial charge in [0.2, 0.25) is 0 Å². The van der Waals surface area contributed by atoms with Crippen molar-refractivity contribution in [2.24, 2.45) is 0 Å². The summed E-state index contributed by atoms with van der Waals surface area (Å²) in [4.78, 5) is 14.6. The maximum atomic E-state index is 12.8. The number of ether oxygens (including phenoxy) is 5. The Balaban J connectivity index is 1.18. The zero-order valence-electron chi connectivity index (χ0n) is 25.7. The van der Waals surface area contributed by atoms with Crippen LogP contribution in [-0.4, -0.2) is 60.6 Å². The lowest BCUT2D eigenvalue weighted by Gasteiger charge is -2.49. The third-order valence-corrected chi connectivity index (χ3v) is 8.75. The predicted molar refractivity (Wildman–Crippen MR) is 160 cm³/mol. The number of benzene rings is 1. The first kappa shape index (κ1) is 32.0. The molecular formula is C34H53NO6. The lowest BCUT2D eigenvalue weighted by Crippen LogP contribution is -2.65. The number of hydrogen-bond acceptors (Lipinski definition) is 6. The van der Waals surface area contributed by atoms with Crippen LogP contribution in [0.3, 0.4) is 0 Å². The molecule has 3 saturated heterocycles. The van der Waals surface area contributed by atoms with E-state index >= 15 is 0 Å². The summed E-state index contributed by atoms with van der Waals surface area (Å²) in [6.07, 6.45) is 18.8. The molecule has 0 aromatic heterocycles. The Morgan fingerprint density at radius 2 is 1.54 bits per heavy atom. The van der Waals surface area contributed by atoms with Gasteiger partial charge in [-0.3, -0.25) is 4.90 Å². The molecule has 2 atom stereocenters. The number of rotatable bonds is 17. The fraction of sp³-hybridized carbons (Fsp3) is 0.735. The fourth-order valence-corrected chi connectivity index (χ4v) is 6.33. The van der Waals surface area contributed by atoms with Crippen molar-refractivity contribution in [3.63, 3.8) is 0 Å². The maximum Gasteiger partial charge on any atom is 0.410 e. The van der Waals surface area contributed by atoms with Crippen LogP contribution >= 0.6 is 0 Å². The molecule has 41 heavy (non-hydrogen) atoms. The van der Waals surface area contributed by atoms with E-state index in [2.05, 4.69) is 19.1 Å². The molecule has 0 unspecified atom stereocenters. The van der Waals surface area contributed by atoms with Crippen molar-refractivity contribution in [1.82, 2.24) is 4.90 Å². The minimum Gasteiger partial charge on any atom is -0.447 e. The van der Waals surface area contributed by atoms with Gasteiger partial charge in [0, 0.05) is 19.4 Å². The molecule has 3 aliphatic heterocycles. The van der Waals surface area contributed by atoms with Gasteiger partial charge in [-0.25, -0.2) is 4.79 Å². The Morgan fingerprint density at radius 3 is 2.27 bits per heavy atom. The van der Waals surface area contributed by atoms with E-state index in [9.17, 15) is 4.79 Å². The van der Waals surface area contributed by atoms with Gasteiger partial charge in [0.25, 0.3) is 0 Å². The third kappa shape index (κ3) is 9.03. The topological polar surface area (TPSA) is 66.5 Å². The molecule has 1 aromatic carbocycles. The molecule has 1 spiro atoms. The summed E-state index contributed by atoms with van der Waals surface area (Å²) in [5.41, 5.74) is 0.454. The van der Waals surface area contributed by atoms with Crippen LogP contribution in [0.25, 0.3) is 0 Å². The van der Waals surface area contributed by atoms with Gasteiger partial charge in [0.1, 0.15) is 12.1 Å². The molecule has 0 bridgehead atoms. The standard InChI is InChI=1S/C34H53NO6/c1-4-5-6-17-22-34(38-24-25-39-34)23-18-12-10-8-7-9-11-16-21-30-33(28-40-32(2,3)41-30)27-37-31(36)35(33)26-29-19-14-13-15-20-29/h9,11,13-15,19-20,30H,4-8,10,12,16-18,21-28H2,1-3H3/b11-9-/t30-,33-/m0/s1. The molecule has 7 heteroatoms. The van der Waals surface area contributed by atoms with Crippen LogP contribution < -0.4 is 0 Å². The lowest BCUT2D eigenvalue weighted by atomic mass is 9.87. The molecule has 7 nitrogen and oxygen atoms in total. The SMILES string of the molecule is CCCCCCC1(CCCCCC/C=C\CC[C@@H]2OC(C)(C)OC[C@@]23COC(=O)N3Cc2ccccc2)OCCO1. The molecule has 3 heterocycles. The highest BCUT2D eigenvalue weighted by Crippen LogP contribution is 2.40. The van der Waals surface area contributed by atoms with Gasteiger partial charge in [-0.1, -0.05) is 81.5 Å². The van der Waals surface area contributed by atoms with E-state index in [-0.39, 0.29) is 18.0 Å². The summed E-state index contributed by atoms with van der Waals surface area (Å²) in [5.74, 6) is -0.996. The third-order valence-electron chi connectivity index (χ3n) is 8.75. The van der Waals surface area contributed by atoms with E-state index in [4.69, 9.17) is 23.7 Å². The number of hydrogen-bond donors (Lipinski definition) is 0. The van der Waals surface area contributed by atoms with Crippen LogP contribution in [0.4, 0.5) is 4.79 Å². The summed E-state index contributed by atoms with van der Waals surface area (Å²) in [6, 6.07) is 10.0. The maximum absolute atomic E-state index is 12.8. The van der Waals surface area contributed by atoms with Crippen molar-refractivity contribution in [1.29, 1.82) is 0 Å². The van der Waals surface area contributed by atoms with Crippen LogP contribution in [0, 0.1) is 0 Å². The monoisotopic (exact) mass is 571 g/mol. The van der Waals surface area contributed by atoms with E-state index in [1.54, 1.807) is 0 Å². The average molecular weight is 572 g/mol. The van der Waals surface area contributed by atoms with Crippen LogP contribution in [0.5, 0.6) is 0 Å². The van der Waals surface area contributed by atoms with Crippen molar-refractivity contribution < 1.29 is 28.5 Å². The highest BCUT2D eigenvalue weighted by Gasteiger charge is 2.57. The number of amides is 1. The van der Waals surface area contributed by atoms with Crippen LogP contribution in [0.2, 0.25) is 0 Å². The Morgan fingerprint density at radius 1 is 0.854 bits per heavy atom. The quantitative estimate of drug-likeness (QED) is 0.140. The highest BCUT2D eigenvalue weighted by atomic mass is 16.7. The Labute approximate surface area is 247 Å². The fourth-order valence-electron chi connectivity index (χ4n) is 6.33. The van der Waals surface area contributed by atoms with Crippen molar-refractivity contribution >= 4 is 6.09 Å². The molecule has 1 amide bonds. The second kappa shape index (κ2) is 15.5. The first-order valence-electron chi connectivity index (χ1n) is 16.1. The Bertz CT molecular complexity index is 944. The van der Waals surface area contributed by atoms with E-state index in [0.29, 0.717) is 19.8 Å². The van der Waals surface area contributed by atoms with E-state index in [0.717, 1.165) is 57.3 Å². The zero-order valence-corrected chi connectivity index (χ0v) is 25.7. The number of cyclic esters (lactones) is 1. The molecule has 3 fully saturated rings. The van der Waals surface area contributed by atoms with Gasteiger partial charge in [0.05, 0.1) is 25.9 Å². The Kier molecular flexibility index (Phi) is 12.1. The molecule has 0 radical (unpaired) electrons. The number of carbonyl (C=O) groups excluding carboxylic acids is 1. The second-order valence-electron chi connectivity index (χ2n) is 12.4. The van der Waals surface area contributed by atoms with Gasteiger partial charge in [-0.15, -0.1) is 0 Å². The average Bonchev–Trinajstić information content (AvgIpc) is 3.56. The summed E-state index contributed by atoms with van der Waals surface area (Å²) >= 11 is 0. The molecular weight excluding hydrogens is 518 g/mol. The molecule has 0 saturated carbocycles. The number of unbranched alkanes of at least 4 members (excludes halogenated alkanes) is 7. The molecule has 230 valence electrons. The van der Waals surface area contributed by atoms with Crippen molar-refractivity contribution in [2.75, 3.05) is 26.4 Å². The minimum atomic E-state index is -0.688. The molecule has 1 aromatic rings. The number of nitrogens with zero attached hydrogens (tertiary/aromatic N) is 1. The lowest BCUT2D eigenvalue weighted by molar-refractivity contribution is -0.313. The first-order chi connectivity index (χ1) is 19.9. The molecule has 3 aliphatic rings. The predicted octanol–water partition coefficient (Wildman–Crippen LogP) is 7.92. The van der Waals surface area contributed by atoms with E-state index < -0.39 is 11.3 Å². The molecule has 4 rings (SSSR count). The number of allylic oxidation sites excluding steroid dienone is 2.